The van der Waals surface area contributed by atoms with Gasteiger partial charge in [0.05, 0.1) is 11.5 Å². The van der Waals surface area contributed by atoms with E-state index < -0.39 is 29.6 Å². The number of carbonyl (C=O) groups excluding carboxylic acids is 2. The van der Waals surface area contributed by atoms with Gasteiger partial charge in [-0.1, -0.05) is 48.5 Å². The van der Waals surface area contributed by atoms with E-state index in [0.717, 1.165) is 22.3 Å². The van der Waals surface area contributed by atoms with Crippen molar-refractivity contribution in [2.24, 2.45) is 11.3 Å². The molecule has 0 spiro atoms. The van der Waals surface area contributed by atoms with E-state index >= 15 is 0 Å². The standard InChI is InChI=1S/C26H28N2O6/c1-14(29)22(23(30)31)28-24(32)26-11-15(26)10-16(12-26)27-25(33)34-13-21-19-8-4-2-6-17(19)18-7-3-5-9-20(18)21/h2-9,14-16,21-22,29H,10-13H2,1H3,(H,27,33)(H,28,32)(H,30,31). The highest BCUT2D eigenvalue weighted by molar-refractivity contribution is 5.90. The molecular weight excluding hydrogens is 436 g/mol. The maximum atomic E-state index is 12.8. The fraction of sp³-hybridized carbons (Fsp3) is 0.423. The van der Waals surface area contributed by atoms with E-state index in [2.05, 4.69) is 34.9 Å². The second-order valence-corrected chi connectivity index (χ2v) is 9.69. The number of aliphatic carboxylic acids is 1. The number of nitrogens with one attached hydrogen (secondary N) is 2. The van der Waals surface area contributed by atoms with Crippen LogP contribution in [0.3, 0.4) is 0 Å². The summed E-state index contributed by atoms with van der Waals surface area (Å²) in [4.78, 5) is 36.7. The number of carbonyl (C=O) groups is 3. The number of hydrogen-bond donors (Lipinski definition) is 4. The zero-order chi connectivity index (χ0) is 24.0. The van der Waals surface area contributed by atoms with Crippen molar-refractivity contribution in [1.82, 2.24) is 10.6 Å². The number of rotatable bonds is 7. The number of hydrogen-bond acceptors (Lipinski definition) is 5. The van der Waals surface area contributed by atoms with Gasteiger partial charge >= 0.3 is 12.1 Å². The van der Waals surface area contributed by atoms with Gasteiger partial charge in [0, 0.05) is 12.0 Å². The first kappa shape index (κ1) is 22.4. The van der Waals surface area contributed by atoms with Crippen LogP contribution in [-0.4, -0.2) is 53.0 Å². The SMILES string of the molecule is CC(O)C(NC(=O)C12CC(NC(=O)OCC3c4ccccc4-c4ccccc43)CC1C2)C(=O)O. The largest absolute Gasteiger partial charge is 0.480 e. The van der Waals surface area contributed by atoms with E-state index in [9.17, 15) is 24.6 Å². The highest BCUT2D eigenvalue weighted by Gasteiger charge is 2.65. The molecule has 4 N–H and O–H groups in total. The van der Waals surface area contributed by atoms with Crippen molar-refractivity contribution in [3.8, 4) is 11.1 Å². The van der Waals surface area contributed by atoms with Gasteiger partial charge < -0.3 is 25.6 Å². The molecule has 0 heterocycles. The molecular formula is C26H28N2O6. The number of carboxylic acid groups (broad SMARTS) is 1. The molecule has 2 aromatic rings. The molecule has 5 atom stereocenters. The van der Waals surface area contributed by atoms with E-state index in [1.165, 1.54) is 6.92 Å². The summed E-state index contributed by atoms with van der Waals surface area (Å²) in [5, 5.41) is 24.2. The Bertz CT molecular complexity index is 1100. The minimum atomic E-state index is -1.35. The van der Waals surface area contributed by atoms with Gasteiger partial charge in [0.2, 0.25) is 5.91 Å². The molecule has 0 bridgehead atoms. The number of alkyl carbamates (subject to hydrolysis) is 1. The van der Waals surface area contributed by atoms with Gasteiger partial charge in [-0.25, -0.2) is 9.59 Å². The van der Waals surface area contributed by atoms with Crippen LogP contribution in [0.4, 0.5) is 4.79 Å². The Kier molecular flexibility index (Phi) is 5.56. The summed E-state index contributed by atoms with van der Waals surface area (Å²) in [6.07, 6.45) is 0.0138. The minimum Gasteiger partial charge on any atom is -0.480 e. The van der Waals surface area contributed by atoms with Crippen molar-refractivity contribution in [1.29, 1.82) is 0 Å². The lowest BCUT2D eigenvalue weighted by molar-refractivity contribution is -0.145. The lowest BCUT2D eigenvalue weighted by Gasteiger charge is -2.22. The Balaban J connectivity index is 1.17. The van der Waals surface area contributed by atoms with Crippen molar-refractivity contribution < 1.29 is 29.3 Å². The van der Waals surface area contributed by atoms with Gasteiger partial charge in [-0.2, -0.15) is 0 Å². The highest BCUT2D eigenvalue weighted by atomic mass is 16.5. The fourth-order valence-electron chi connectivity index (χ4n) is 5.77. The summed E-state index contributed by atoms with van der Waals surface area (Å²) in [7, 11) is 0. The van der Waals surface area contributed by atoms with E-state index in [1.807, 2.05) is 24.3 Å². The molecule has 5 unspecified atom stereocenters. The average molecular weight is 465 g/mol. The number of aliphatic hydroxyl groups excluding tert-OH is 1. The lowest BCUT2D eigenvalue weighted by Crippen LogP contribution is -2.50. The second kappa shape index (κ2) is 8.43. The van der Waals surface area contributed by atoms with Crippen LogP contribution in [0.15, 0.2) is 48.5 Å². The van der Waals surface area contributed by atoms with Gasteiger partial charge in [0.25, 0.3) is 0 Å². The number of aliphatic hydroxyl groups is 1. The van der Waals surface area contributed by atoms with Crippen LogP contribution >= 0.6 is 0 Å². The van der Waals surface area contributed by atoms with Crippen LogP contribution in [0.5, 0.6) is 0 Å². The molecule has 3 aliphatic carbocycles. The van der Waals surface area contributed by atoms with Gasteiger partial charge in [0.1, 0.15) is 6.61 Å². The zero-order valence-electron chi connectivity index (χ0n) is 18.9. The van der Waals surface area contributed by atoms with Crippen LogP contribution in [0.1, 0.15) is 43.2 Å². The zero-order valence-corrected chi connectivity index (χ0v) is 18.9. The van der Waals surface area contributed by atoms with Crippen molar-refractivity contribution >= 4 is 18.0 Å². The van der Waals surface area contributed by atoms with Crippen LogP contribution in [0, 0.1) is 11.3 Å². The number of fused-ring (bicyclic) bond motifs is 4. The highest BCUT2D eigenvalue weighted by Crippen LogP contribution is 2.63. The second-order valence-electron chi connectivity index (χ2n) is 9.69. The predicted octanol–water partition coefficient (Wildman–Crippen LogP) is 2.64. The number of carboxylic acids is 1. The first-order chi connectivity index (χ1) is 16.3. The number of ether oxygens (including phenoxy) is 1. The molecule has 0 saturated heterocycles. The number of benzene rings is 2. The third-order valence-corrected chi connectivity index (χ3v) is 7.56. The summed E-state index contributed by atoms with van der Waals surface area (Å²) in [5.41, 5.74) is 3.92. The summed E-state index contributed by atoms with van der Waals surface area (Å²) in [6, 6.07) is 14.7. The third-order valence-electron chi connectivity index (χ3n) is 7.56. The Morgan fingerprint density at radius 2 is 1.68 bits per heavy atom. The Hall–Kier alpha value is -3.39. The molecule has 0 radical (unpaired) electrons. The Labute approximate surface area is 197 Å². The molecule has 0 aliphatic heterocycles. The molecule has 0 aromatic heterocycles. The molecule has 2 amide bonds. The third kappa shape index (κ3) is 3.81. The Morgan fingerprint density at radius 1 is 1.06 bits per heavy atom. The molecule has 34 heavy (non-hydrogen) atoms. The molecule has 5 rings (SSSR count). The first-order valence-electron chi connectivity index (χ1n) is 11.6. The molecule has 2 fully saturated rings. The normalized spacial score (nSPS) is 25.9. The summed E-state index contributed by atoms with van der Waals surface area (Å²) >= 11 is 0. The van der Waals surface area contributed by atoms with Crippen molar-refractivity contribution in [2.45, 2.75) is 50.3 Å². The summed E-state index contributed by atoms with van der Waals surface area (Å²) in [5.74, 6) is -1.58. The van der Waals surface area contributed by atoms with Crippen LogP contribution < -0.4 is 10.6 Å². The van der Waals surface area contributed by atoms with Gasteiger partial charge in [-0.3, -0.25) is 4.79 Å². The van der Waals surface area contributed by atoms with Crippen LogP contribution in [0.25, 0.3) is 11.1 Å². The molecule has 2 saturated carbocycles. The lowest BCUT2D eigenvalue weighted by atomic mass is 9.98. The summed E-state index contributed by atoms with van der Waals surface area (Å²) < 4.78 is 5.61. The fourth-order valence-corrected chi connectivity index (χ4v) is 5.77. The smallest absolute Gasteiger partial charge is 0.407 e. The first-order valence-corrected chi connectivity index (χ1v) is 11.6. The predicted molar refractivity (Wildman–Crippen MR) is 123 cm³/mol. The molecule has 8 nitrogen and oxygen atoms in total. The van der Waals surface area contributed by atoms with E-state index in [4.69, 9.17) is 4.74 Å². The monoisotopic (exact) mass is 464 g/mol. The van der Waals surface area contributed by atoms with E-state index in [0.29, 0.717) is 19.3 Å². The molecule has 3 aliphatic rings. The maximum Gasteiger partial charge on any atom is 0.407 e. The van der Waals surface area contributed by atoms with Crippen LogP contribution in [0.2, 0.25) is 0 Å². The van der Waals surface area contributed by atoms with E-state index in [-0.39, 0.29) is 30.4 Å². The maximum absolute atomic E-state index is 12.8. The molecule has 8 heteroatoms. The van der Waals surface area contributed by atoms with Crippen LogP contribution in [-0.2, 0) is 14.3 Å². The van der Waals surface area contributed by atoms with Gasteiger partial charge in [0.15, 0.2) is 6.04 Å². The topological polar surface area (TPSA) is 125 Å². The van der Waals surface area contributed by atoms with E-state index in [1.54, 1.807) is 0 Å². The molecule has 2 aromatic carbocycles. The average Bonchev–Trinajstić information content (AvgIpc) is 3.24. The quantitative estimate of drug-likeness (QED) is 0.499. The van der Waals surface area contributed by atoms with Crippen molar-refractivity contribution in [2.75, 3.05) is 6.61 Å². The number of amides is 2. The minimum absolute atomic E-state index is 0.0272. The van der Waals surface area contributed by atoms with Gasteiger partial charge in [-0.05, 0) is 54.4 Å². The molecule has 178 valence electrons. The Morgan fingerprint density at radius 3 is 2.26 bits per heavy atom. The van der Waals surface area contributed by atoms with Gasteiger partial charge in [-0.15, -0.1) is 0 Å². The van der Waals surface area contributed by atoms with Crippen molar-refractivity contribution in [3.05, 3.63) is 59.7 Å². The summed E-state index contributed by atoms with van der Waals surface area (Å²) in [6.45, 7) is 1.55. The van der Waals surface area contributed by atoms with Crippen molar-refractivity contribution in [3.63, 3.8) is 0 Å².